The summed E-state index contributed by atoms with van der Waals surface area (Å²) in [5, 5.41) is 0. The third kappa shape index (κ3) is 3.48. The van der Waals surface area contributed by atoms with E-state index in [9.17, 15) is 4.79 Å². The maximum atomic E-state index is 12.8. The zero-order chi connectivity index (χ0) is 18.9. The standard InChI is InChI=1S/C21H26N4O2/c1-24-14-21(13-17(20(24)26)16-6-4-3-5-7-16)8-10-25(11-9-21)18-12-19(27-2)23-15-22-18/h3-7,12,15,17H,8-11,13-14H2,1-2H3/t17-/m1/s1. The van der Waals surface area contributed by atoms with Gasteiger partial charge < -0.3 is 14.5 Å². The van der Waals surface area contributed by atoms with E-state index >= 15 is 0 Å². The molecular formula is C21H26N4O2. The Morgan fingerprint density at radius 3 is 2.59 bits per heavy atom. The molecule has 2 aromatic rings. The number of amides is 1. The highest BCUT2D eigenvalue weighted by Gasteiger charge is 2.45. The first-order chi connectivity index (χ1) is 13.1. The van der Waals surface area contributed by atoms with Crippen LogP contribution in [0.3, 0.4) is 0 Å². The smallest absolute Gasteiger partial charge is 0.229 e. The minimum atomic E-state index is -0.0318. The predicted octanol–water partition coefficient (Wildman–Crippen LogP) is 2.72. The summed E-state index contributed by atoms with van der Waals surface area (Å²) < 4.78 is 5.22. The van der Waals surface area contributed by atoms with Gasteiger partial charge in [-0.05, 0) is 30.2 Å². The van der Waals surface area contributed by atoms with E-state index in [4.69, 9.17) is 4.74 Å². The van der Waals surface area contributed by atoms with Crippen molar-refractivity contribution in [3.8, 4) is 5.88 Å². The van der Waals surface area contributed by atoms with Gasteiger partial charge in [-0.2, -0.15) is 0 Å². The Kier molecular flexibility index (Phi) is 4.72. The monoisotopic (exact) mass is 366 g/mol. The van der Waals surface area contributed by atoms with Crippen LogP contribution in [0.25, 0.3) is 0 Å². The van der Waals surface area contributed by atoms with Gasteiger partial charge in [0.2, 0.25) is 11.8 Å². The number of carbonyl (C=O) groups is 1. The Hall–Kier alpha value is -2.63. The van der Waals surface area contributed by atoms with Crippen LogP contribution in [0, 0.1) is 5.41 Å². The summed E-state index contributed by atoms with van der Waals surface area (Å²) in [5.74, 6) is 1.72. The molecule has 2 aliphatic rings. The largest absolute Gasteiger partial charge is 0.481 e. The Morgan fingerprint density at radius 2 is 1.89 bits per heavy atom. The summed E-state index contributed by atoms with van der Waals surface area (Å²) in [7, 11) is 3.57. The lowest BCUT2D eigenvalue weighted by molar-refractivity contribution is -0.138. The molecule has 0 N–H and O–H groups in total. The van der Waals surface area contributed by atoms with Crippen molar-refractivity contribution in [3.05, 3.63) is 48.3 Å². The first-order valence-corrected chi connectivity index (χ1v) is 9.51. The molecule has 0 unspecified atom stereocenters. The molecule has 1 aromatic carbocycles. The van der Waals surface area contributed by atoms with Gasteiger partial charge in [-0.15, -0.1) is 0 Å². The fraction of sp³-hybridized carbons (Fsp3) is 0.476. The molecule has 2 saturated heterocycles. The van der Waals surface area contributed by atoms with Crippen LogP contribution in [0.4, 0.5) is 5.82 Å². The van der Waals surface area contributed by atoms with Crippen molar-refractivity contribution in [2.75, 3.05) is 38.7 Å². The van der Waals surface area contributed by atoms with Crippen LogP contribution in [-0.4, -0.2) is 54.6 Å². The van der Waals surface area contributed by atoms with E-state index < -0.39 is 0 Å². The molecule has 2 fully saturated rings. The van der Waals surface area contributed by atoms with Gasteiger partial charge in [0.05, 0.1) is 13.0 Å². The maximum Gasteiger partial charge on any atom is 0.229 e. The number of carbonyl (C=O) groups excluding carboxylic acids is 1. The lowest BCUT2D eigenvalue weighted by Gasteiger charge is -2.49. The molecule has 27 heavy (non-hydrogen) atoms. The molecule has 1 atom stereocenters. The number of piperidine rings is 2. The van der Waals surface area contributed by atoms with Crippen molar-refractivity contribution in [2.45, 2.75) is 25.2 Å². The molecule has 0 radical (unpaired) electrons. The van der Waals surface area contributed by atoms with E-state index in [1.165, 1.54) is 0 Å². The van der Waals surface area contributed by atoms with E-state index in [1.807, 2.05) is 36.2 Å². The summed E-state index contributed by atoms with van der Waals surface area (Å²) in [6, 6.07) is 12.1. The van der Waals surface area contributed by atoms with Crippen molar-refractivity contribution < 1.29 is 9.53 Å². The number of nitrogens with zero attached hydrogens (tertiary/aromatic N) is 4. The van der Waals surface area contributed by atoms with Crippen molar-refractivity contribution in [1.82, 2.24) is 14.9 Å². The van der Waals surface area contributed by atoms with Gasteiger partial charge in [0.1, 0.15) is 12.1 Å². The van der Waals surface area contributed by atoms with E-state index in [0.717, 1.165) is 50.3 Å². The molecule has 0 saturated carbocycles. The van der Waals surface area contributed by atoms with Crippen LogP contribution in [0.5, 0.6) is 5.88 Å². The van der Waals surface area contributed by atoms with E-state index in [2.05, 4.69) is 27.0 Å². The molecular weight excluding hydrogens is 340 g/mol. The number of rotatable bonds is 3. The molecule has 1 amide bonds. The van der Waals surface area contributed by atoms with Gasteiger partial charge in [0.15, 0.2) is 0 Å². The highest BCUT2D eigenvalue weighted by atomic mass is 16.5. The molecule has 142 valence electrons. The zero-order valence-electron chi connectivity index (χ0n) is 16.0. The first-order valence-electron chi connectivity index (χ1n) is 9.51. The number of benzene rings is 1. The maximum absolute atomic E-state index is 12.8. The molecule has 0 aliphatic carbocycles. The van der Waals surface area contributed by atoms with Crippen LogP contribution < -0.4 is 9.64 Å². The number of hydrogen-bond acceptors (Lipinski definition) is 5. The number of likely N-dealkylation sites (tertiary alicyclic amines) is 1. The average Bonchev–Trinajstić information content (AvgIpc) is 2.72. The lowest BCUT2D eigenvalue weighted by atomic mass is 9.68. The molecule has 6 nitrogen and oxygen atoms in total. The average molecular weight is 366 g/mol. The quantitative estimate of drug-likeness (QED) is 0.836. The van der Waals surface area contributed by atoms with Gasteiger partial charge in [-0.1, -0.05) is 30.3 Å². The number of ether oxygens (including phenoxy) is 1. The summed E-state index contributed by atoms with van der Waals surface area (Å²) in [6.07, 6.45) is 4.60. The summed E-state index contributed by atoms with van der Waals surface area (Å²) >= 11 is 0. The first kappa shape index (κ1) is 17.8. The van der Waals surface area contributed by atoms with Crippen molar-refractivity contribution in [2.24, 2.45) is 5.41 Å². The fourth-order valence-corrected chi connectivity index (χ4v) is 4.56. The van der Waals surface area contributed by atoms with Crippen LogP contribution in [0.1, 0.15) is 30.7 Å². The van der Waals surface area contributed by atoms with Crippen molar-refractivity contribution >= 4 is 11.7 Å². The second-order valence-corrected chi connectivity index (χ2v) is 7.77. The molecule has 6 heteroatoms. The summed E-state index contributed by atoms with van der Waals surface area (Å²) in [5.41, 5.74) is 1.31. The number of anilines is 1. The highest BCUT2D eigenvalue weighted by molar-refractivity contribution is 5.84. The molecule has 4 rings (SSSR count). The van der Waals surface area contributed by atoms with Gasteiger partial charge in [0.25, 0.3) is 0 Å². The third-order valence-corrected chi connectivity index (χ3v) is 6.07. The van der Waals surface area contributed by atoms with E-state index in [-0.39, 0.29) is 17.2 Å². The number of aromatic nitrogens is 2. The van der Waals surface area contributed by atoms with E-state index in [1.54, 1.807) is 13.4 Å². The van der Waals surface area contributed by atoms with Gasteiger partial charge in [-0.25, -0.2) is 9.97 Å². The third-order valence-electron chi connectivity index (χ3n) is 6.07. The SMILES string of the molecule is COc1cc(N2CCC3(CC2)C[C@H](c2ccccc2)C(=O)N(C)C3)ncn1. The highest BCUT2D eigenvalue weighted by Crippen LogP contribution is 2.45. The fourth-order valence-electron chi connectivity index (χ4n) is 4.56. The van der Waals surface area contributed by atoms with Gasteiger partial charge in [0, 0.05) is 32.7 Å². The van der Waals surface area contributed by atoms with Crippen molar-refractivity contribution in [3.63, 3.8) is 0 Å². The van der Waals surface area contributed by atoms with Crippen LogP contribution in [-0.2, 0) is 4.79 Å². The minimum Gasteiger partial charge on any atom is -0.481 e. The number of methoxy groups -OCH3 is 1. The predicted molar refractivity (Wildman–Crippen MR) is 104 cm³/mol. The molecule has 1 spiro atoms. The molecule has 1 aromatic heterocycles. The Labute approximate surface area is 160 Å². The van der Waals surface area contributed by atoms with Gasteiger partial charge >= 0.3 is 0 Å². The molecule has 3 heterocycles. The summed E-state index contributed by atoms with van der Waals surface area (Å²) in [4.78, 5) is 25.5. The van der Waals surface area contributed by atoms with E-state index in [0.29, 0.717) is 5.88 Å². The second-order valence-electron chi connectivity index (χ2n) is 7.77. The zero-order valence-corrected chi connectivity index (χ0v) is 16.0. The second kappa shape index (κ2) is 7.18. The van der Waals surface area contributed by atoms with Crippen LogP contribution >= 0.6 is 0 Å². The Morgan fingerprint density at radius 1 is 1.15 bits per heavy atom. The van der Waals surface area contributed by atoms with Crippen LogP contribution in [0.15, 0.2) is 42.7 Å². The minimum absolute atomic E-state index is 0.0318. The Bertz CT molecular complexity index is 803. The molecule has 0 bridgehead atoms. The topological polar surface area (TPSA) is 58.6 Å². The van der Waals surface area contributed by atoms with Gasteiger partial charge in [-0.3, -0.25) is 4.79 Å². The van der Waals surface area contributed by atoms with Crippen LogP contribution in [0.2, 0.25) is 0 Å². The number of hydrogen-bond donors (Lipinski definition) is 0. The Balaban J connectivity index is 1.50. The molecule has 2 aliphatic heterocycles. The van der Waals surface area contributed by atoms with Crippen molar-refractivity contribution in [1.29, 1.82) is 0 Å². The number of likely N-dealkylation sites (N-methyl/N-ethyl adjacent to an activating group) is 1. The normalized spacial score (nSPS) is 22.1. The lowest BCUT2D eigenvalue weighted by Crippen LogP contribution is -2.52. The summed E-state index contributed by atoms with van der Waals surface area (Å²) in [6.45, 7) is 2.71.